The van der Waals surface area contributed by atoms with Crippen molar-refractivity contribution in [1.82, 2.24) is 5.32 Å². The third kappa shape index (κ3) is 2.61. The van der Waals surface area contributed by atoms with E-state index in [9.17, 15) is 4.79 Å². The molecule has 1 amide bonds. The van der Waals surface area contributed by atoms with E-state index in [2.05, 4.69) is 5.32 Å². The molecular formula is C14H13NO3S. The standard InChI is InChI=1S/C14H13NO3S/c16-14-13(19-8-15-14)11(12-7-17-9-18-12)6-10-4-2-1-3-5-10/h1-5,7H,6,8-9H2,(H,15,16). The van der Waals surface area contributed by atoms with Crippen molar-refractivity contribution >= 4 is 17.7 Å². The lowest BCUT2D eigenvalue weighted by Gasteiger charge is -2.10. The van der Waals surface area contributed by atoms with Gasteiger partial charge < -0.3 is 14.8 Å². The highest BCUT2D eigenvalue weighted by molar-refractivity contribution is 8.04. The largest absolute Gasteiger partial charge is 0.461 e. The molecule has 0 radical (unpaired) electrons. The predicted octanol–water partition coefficient (Wildman–Crippen LogP) is 2.15. The molecule has 1 fully saturated rings. The second-order valence-electron chi connectivity index (χ2n) is 4.18. The van der Waals surface area contributed by atoms with E-state index in [0.717, 1.165) is 16.0 Å². The van der Waals surface area contributed by atoms with Crippen molar-refractivity contribution in [3.63, 3.8) is 0 Å². The second-order valence-corrected chi connectivity index (χ2v) is 5.16. The summed E-state index contributed by atoms with van der Waals surface area (Å²) in [6, 6.07) is 10.0. The first-order valence-electron chi connectivity index (χ1n) is 5.97. The third-order valence-electron chi connectivity index (χ3n) is 2.92. The number of ether oxygens (including phenoxy) is 2. The molecule has 0 unspecified atom stereocenters. The van der Waals surface area contributed by atoms with Crippen molar-refractivity contribution < 1.29 is 14.3 Å². The smallest absolute Gasteiger partial charge is 0.258 e. The molecule has 2 aliphatic heterocycles. The minimum absolute atomic E-state index is 0.0349. The molecule has 3 rings (SSSR count). The molecule has 98 valence electrons. The van der Waals surface area contributed by atoms with Crippen molar-refractivity contribution in [3.05, 3.63) is 58.4 Å². The van der Waals surface area contributed by atoms with E-state index >= 15 is 0 Å². The maximum Gasteiger partial charge on any atom is 0.258 e. The van der Waals surface area contributed by atoms with Crippen LogP contribution in [0.3, 0.4) is 0 Å². The van der Waals surface area contributed by atoms with Crippen molar-refractivity contribution in [2.24, 2.45) is 0 Å². The van der Waals surface area contributed by atoms with E-state index < -0.39 is 0 Å². The summed E-state index contributed by atoms with van der Waals surface area (Å²) in [7, 11) is 0. The first kappa shape index (κ1) is 12.2. The van der Waals surface area contributed by atoms with Gasteiger partial charge in [0.15, 0.2) is 5.76 Å². The van der Waals surface area contributed by atoms with E-state index in [1.807, 2.05) is 30.3 Å². The number of allylic oxidation sites excluding steroid dienone is 1. The number of rotatable bonds is 3. The first-order valence-corrected chi connectivity index (χ1v) is 6.96. The maximum atomic E-state index is 11.8. The molecule has 1 N–H and O–H groups in total. The molecule has 0 atom stereocenters. The summed E-state index contributed by atoms with van der Waals surface area (Å²) in [4.78, 5) is 12.6. The Kier molecular flexibility index (Phi) is 3.46. The summed E-state index contributed by atoms with van der Waals surface area (Å²) < 4.78 is 10.5. The van der Waals surface area contributed by atoms with Crippen LogP contribution in [0, 0.1) is 0 Å². The topological polar surface area (TPSA) is 47.6 Å². The van der Waals surface area contributed by atoms with Gasteiger partial charge in [0, 0.05) is 12.0 Å². The predicted molar refractivity (Wildman–Crippen MR) is 72.9 cm³/mol. The van der Waals surface area contributed by atoms with E-state index in [1.165, 1.54) is 11.8 Å². The van der Waals surface area contributed by atoms with Crippen LogP contribution < -0.4 is 5.32 Å². The van der Waals surface area contributed by atoms with Gasteiger partial charge in [0.25, 0.3) is 5.91 Å². The number of nitrogens with one attached hydrogen (secondary N) is 1. The van der Waals surface area contributed by atoms with Crippen molar-refractivity contribution in [2.75, 3.05) is 12.7 Å². The van der Waals surface area contributed by atoms with Crippen LogP contribution in [0.4, 0.5) is 0 Å². The summed E-state index contributed by atoms with van der Waals surface area (Å²) in [6.07, 6.45) is 2.24. The van der Waals surface area contributed by atoms with Crippen molar-refractivity contribution in [1.29, 1.82) is 0 Å². The van der Waals surface area contributed by atoms with Gasteiger partial charge in [-0.2, -0.15) is 0 Å². The minimum Gasteiger partial charge on any atom is -0.461 e. The van der Waals surface area contributed by atoms with Crippen molar-refractivity contribution in [3.8, 4) is 0 Å². The monoisotopic (exact) mass is 275 g/mol. The van der Waals surface area contributed by atoms with Gasteiger partial charge in [-0.25, -0.2) is 0 Å². The Labute approximate surface area is 115 Å². The molecule has 0 aromatic heterocycles. The van der Waals surface area contributed by atoms with Gasteiger partial charge in [-0.15, -0.1) is 0 Å². The minimum atomic E-state index is -0.0349. The summed E-state index contributed by atoms with van der Waals surface area (Å²) in [6.45, 7) is 0.215. The molecule has 19 heavy (non-hydrogen) atoms. The molecule has 0 bridgehead atoms. The van der Waals surface area contributed by atoms with Gasteiger partial charge in [0.05, 0.1) is 10.8 Å². The van der Waals surface area contributed by atoms with E-state index in [0.29, 0.717) is 18.1 Å². The third-order valence-corrected chi connectivity index (χ3v) is 3.93. The highest BCUT2D eigenvalue weighted by Crippen LogP contribution is 2.32. The molecule has 0 saturated carbocycles. The molecule has 1 aromatic carbocycles. The zero-order valence-corrected chi connectivity index (χ0v) is 11.0. The summed E-state index contributed by atoms with van der Waals surface area (Å²) in [5, 5.41) is 2.80. The quantitative estimate of drug-likeness (QED) is 0.859. The van der Waals surface area contributed by atoms with E-state index in [-0.39, 0.29) is 12.7 Å². The van der Waals surface area contributed by atoms with Crippen LogP contribution in [0.2, 0.25) is 0 Å². The molecule has 0 aliphatic carbocycles. The number of carbonyl (C=O) groups is 1. The lowest BCUT2D eigenvalue weighted by Crippen LogP contribution is -2.16. The molecule has 2 aliphatic rings. The fourth-order valence-electron chi connectivity index (χ4n) is 2.02. The highest BCUT2D eigenvalue weighted by Gasteiger charge is 2.26. The molecule has 2 heterocycles. The van der Waals surface area contributed by atoms with Gasteiger partial charge >= 0.3 is 0 Å². The Morgan fingerprint density at radius 2 is 2.16 bits per heavy atom. The molecule has 0 spiro atoms. The van der Waals surface area contributed by atoms with Crippen LogP contribution in [0.15, 0.2) is 52.8 Å². The Hall–Kier alpha value is -1.88. The van der Waals surface area contributed by atoms with Crippen LogP contribution in [0.25, 0.3) is 0 Å². The SMILES string of the molecule is O=C1NCSC1=C(Cc1ccccc1)C1=COCO1. The number of amides is 1. The van der Waals surface area contributed by atoms with Gasteiger partial charge in [-0.1, -0.05) is 42.1 Å². The van der Waals surface area contributed by atoms with Crippen LogP contribution in [0.5, 0.6) is 0 Å². The number of hydrogen-bond donors (Lipinski definition) is 1. The van der Waals surface area contributed by atoms with E-state index in [1.54, 1.807) is 6.26 Å². The number of carbonyl (C=O) groups excluding carboxylic acids is 1. The van der Waals surface area contributed by atoms with Crippen LogP contribution in [0.1, 0.15) is 5.56 Å². The Balaban J connectivity index is 1.95. The fraction of sp³-hybridized carbons (Fsp3) is 0.214. The van der Waals surface area contributed by atoms with Crippen molar-refractivity contribution in [2.45, 2.75) is 6.42 Å². The lowest BCUT2D eigenvalue weighted by molar-refractivity contribution is -0.116. The highest BCUT2D eigenvalue weighted by atomic mass is 32.2. The lowest BCUT2D eigenvalue weighted by atomic mass is 10.0. The van der Waals surface area contributed by atoms with Gasteiger partial charge in [-0.3, -0.25) is 4.79 Å². The number of thioether (sulfide) groups is 1. The average Bonchev–Trinajstić information content (AvgIpc) is 3.09. The van der Waals surface area contributed by atoms with Gasteiger partial charge in [0.1, 0.15) is 6.26 Å². The fourth-order valence-corrected chi connectivity index (χ4v) is 2.92. The molecule has 1 saturated heterocycles. The zero-order valence-electron chi connectivity index (χ0n) is 10.2. The average molecular weight is 275 g/mol. The van der Waals surface area contributed by atoms with Crippen LogP contribution >= 0.6 is 11.8 Å². The Morgan fingerprint density at radius 3 is 2.79 bits per heavy atom. The summed E-state index contributed by atoms with van der Waals surface area (Å²) >= 11 is 1.51. The maximum absolute atomic E-state index is 11.8. The Bertz CT molecular complexity index is 551. The summed E-state index contributed by atoms with van der Waals surface area (Å²) in [5.41, 5.74) is 2.03. The summed E-state index contributed by atoms with van der Waals surface area (Å²) in [5.74, 6) is 1.23. The molecule has 1 aromatic rings. The number of hydrogen-bond acceptors (Lipinski definition) is 4. The van der Waals surface area contributed by atoms with Gasteiger partial charge in [0.2, 0.25) is 6.79 Å². The first-order chi connectivity index (χ1) is 9.34. The second kappa shape index (κ2) is 5.40. The normalized spacial score (nSPS) is 20.4. The van der Waals surface area contributed by atoms with Gasteiger partial charge in [-0.05, 0) is 5.56 Å². The molecule has 4 nitrogen and oxygen atoms in total. The van der Waals surface area contributed by atoms with Crippen LogP contribution in [-0.2, 0) is 20.7 Å². The zero-order chi connectivity index (χ0) is 13.1. The van der Waals surface area contributed by atoms with E-state index in [4.69, 9.17) is 9.47 Å². The van der Waals surface area contributed by atoms with Crippen LogP contribution in [-0.4, -0.2) is 18.6 Å². The molecule has 5 heteroatoms. The Morgan fingerprint density at radius 1 is 1.32 bits per heavy atom. The number of benzene rings is 1. The molecular weight excluding hydrogens is 262 g/mol.